The Morgan fingerprint density at radius 1 is 1.00 bits per heavy atom. The molecule has 2 fully saturated rings. The summed E-state index contributed by atoms with van der Waals surface area (Å²) in [6.45, 7) is 5.44. The Balaban J connectivity index is 1.11. The predicted octanol–water partition coefficient (Wildman–Crippen LogP) is 2.85. The van der Waals surface area contributed by atoms with E-state index in [2.05, 4.69) is 43.2 Å². The number of nitrogens with one attached hydrogen (secondary N) is 1. The van der Waals surface area contributed by atoms with Gasteiger partial charge in [0.15, 0.2) is 9.84 Å². The van der Waals surface area contributed by atoms with E-state index in [0.29, 0.717) is 29.7 Å². The first kappa shape index (κ1) is 26.2. The van der Waals surface area contributed by atoms with Gasteiger partial charge < -0.3 is 15.1 Å². The first-order valence-electron chi connectivity index (χ1n) is 13.0. The quantitative estimate of drug-likeness (QED) is 0.484. The van der Waals surface area contributed by atoms with E-state index < -0.39 is 9.84 Å². The zero-order valence-corrected chi connectivity index (χ0v) is 23.3. The summed E-state index contributed by atoms with van der Waals surface area (Å²) in [5, 5.41) is 2.88. The zero-order valence-electron chi connectivity index (χ0n) is 20.9. The lowest BCUT2D eigenvalue weighted by Crippen LogP contribution is -2.48. The van der Waals surface area contributed by atoms with Gasteiger partial charge in [0.1, 0.15) is 0 Å². The molecule has 0 unspecified atom stereocenters. The topological polar surface area (TPSA) is 90.0 Å². The molecule has 1 N–H and O–H groups in total. The molecule has 1 aliphatic carbocycles. The summed E-state index contributed by atoms with van der Waals surface area (Å²) in [5.41, 5.74) is 2.60. The molecule has 1 saturated carbocycles. The highest BCUT2D eigenvalue weighted by molar-refractivity contribution is 9.10. The third-order valence-electron chi connectivity index (χ3n) is 7.36. The van der Waals surface area contributed by atoms with Crippen molar-refractivity contribution < 1.29 is 18.0 Å². The van der Waals surface area contributed by atoms with Gasteiger partial charge in [-0.15, -0.1) is 0 Å². The van der Waals surface area contributed by atoms with Gasteiger partial charge in [-0.1, -0.05) is 34.1 Å². The van der Waals surface area contributed by atoms with Gasteiger partial charge in [-0.3, -0.25) is 14.5 Å². The van der Waals surface area contributed by atoms with Crippen LogP contribution < -0.4 is 15.1 Å². The van der Waals surface area contributed by atoms with Gasteiger partial charge >= 0.3 is 0 Å². The van der Waals surface area contributed by atoms with Crippen LogP contribution in [-0.2, 0) is 25.8 Å². The van der Waals surface area contributed by atoms with Gasteiger partial charge in [0.2, 0.25) is 11.8 Å². The number of hydrogen-bond acceptors (Lipinski definition) is 6. The monoisotopic (exact) mass is 588 g/mol. The van der Waals surface area contributed by atoms with Crippen LogP contribution in [0.15, 0.2) is 51.8 Å². The number of anilines is 2. The molecule has 5 rings (SSSR count). The average Bonchev–Trinajstić information content (AvgIpc) is 3.67. The number of halogens is 1. The van der Waals surface area contributed by atoms with E-state index in [1.165, 1.54) is 5.69 Å². The smallest absolute Gasteiger partial charge is 0.230 e. The molecular formula is C27H33BrN4O4S. The van der Waals surface area contributed by atoms with E-state index in [4.69, 9.17) is 0 Å². The van der Waals surface area contributed by atoms with Gasteiger partial charge in [0.05, 0.1) is 16.3 Å². The number of carbonyl (C=O) groups is 2. The number of amides is 2. The van der Waals surface area contributed by atoms with Crippen molar-refractivity contribution in [3.05, 3.63) is 52.5 Å². The van der Waals surface area contributed by atoms with Gasteiger partial charge in [0.25, 0.3) is 0 Å². The third-order valence-corrected chi connectivity index (χ3v) is 9.54. The lowest BCUT2D eigenvalue weighted by atomic mass is 10.2. The van der Waals surface area contributed by atoms with Crippen LogP contribution in [0.1, 0.15) is 24.8 Å². The van der Waals surface area contributed by atoms with Gasteiger partial charge in [0, 0.05) is 68.3 Å². The molecule has 8 nitrogen and oxygen atoms in total. The van der Waals surface area contributed by atoms with Crippen LogP contribution in [-0.4, -0.2) is 76.7 Å². The number of carbonyl (C=O) groups excluding carboxylic acids is 2. The lowest BCUT2D eigenvalue weighted by molar-refractivity contribution is -0.121. The highest BCUT2D eigenvalue weighted by Gasteiger charge is 2.39. The molecule has 2 amide bonds. The summed E-state index contributed by atoms with van der Waals surface area (Å²) in [4.78, 5) is 31.7. The van der Waals surface area contributed by atoms with Gasteiger partial charge in [-0.05, 0) is 49.1 Å². The van der Waals surface area contributed by atoms with E-state index in [0.717, 1.165) is 51.1 Å². The molecule has 10 heteroatoms. The van der Waals surface area contributed by atoms with Crippen molar-refractivity contribution in [2.45, 2.75) is 30.6 Å². The Kier molecular flexibility index (Phi) is 7.88. The minimum absolute atomic E-state index is 0.0113. The van der Waals surface area contributed by atoms with Crippen molar-refractivity contribution >= 4 is 49.0 Å². The predicted molar refractivity (Wildman–Crippen MR) is 148 cm³/mol. The Hall–Kier alpha value is -2.43. The van der Waals surface area contributed by atoms with Crippen molar-refractivity contribution in [3.63, 3.8) is 0 Å². The minimum atomic E-state index is -3.75. The summed E-state index contributed by atoms with van der Waals surface area (Å²) < 4.78 is 27.3. The number of fused-ring (bicyclic) bond motifs is 1. The fourth-order valence-corrected chi connectivity index (χ4v) is 7.30. The SMILES string of the molecule is O=C(CCS(=O)(=O)c1cc(Br)cc2c1N(C(=O)C1CC1)CC2)NCCN1CCN(c2ccccc2)CC1. The molecule has 1 saturated heterocycles. The summed E-state index contributed by atoms with van der Waals surface area (Å²) in [6.07, 6.45) is 2.26. The van der Waals surface area contributed by atoms with Crippen molar-refractivity contribution in [2.75, 3.05) is 61.4 Å². The number of rotatable bonds is 9. The van der Waals surface area contributed by atoms with Crippen LogP contribution in [0.25, 0.3) is 0 Å². The van der Waals surface area contributed by atoms with Crippen LogP contribution in [0.5, 0.6) is 0 Å². The van der Waals surface area contributed by atoms with Gasteiger partial charge in [-0.2, -0.15) is 0 Å². The van der Waals surface area contributed by atoms with Crippen molar-refractivity contribution in [1.29, 1.82) is 0 Å². The first-order valence-corrected chi connectivity index (χ1v) is 15.4. The largest absolute Gasteiger partial charge is 0.369 e. The van der Waals surface area contributed by atoms with Crippen LogP contribution in [0.2, 0.25) is 0 Å². The molecule has 2 aromatic rings. The number of benzene rings is 2. The van der Waals surface area contributed by atoms with E-state index in [1.807, 2.05) is 24.3 Å². The normalized spacial score (nSPS) is 18.1. The first-order chi connectivity index (χ1) is 17.8. The molecule has 2 heterocycles. The summed E-state index contributed by atoms with van der Waals surface area (Å²) in [7, 11) is -3.75. The van der Waals surface area contributed by atoms with E-state index >= 15 is 0 Å². The number of nitrogens with zero attached hydrogens (tertiary/aromatic N) is 3. The second-order valence-electron chi connectivity index (χ2n) is 10.0. The summed E-state index contributed by atoms with van der Waals surface area (Å²) >= 11 is 3.42. The number of piperazine rings is 1. The van der Waals surface area contributed by atoms with Crippen LogP contribution in [0, 0.1) is 5.92 Å². The average molecular weight is 590 g/mol. The number of hydrogen-bond donors (Lipinski definition) is 1. The van der Waals surface area contributed by atoms with E-state index in [9.17, 15) is 18.0 Å². The fourth-order valence-electron chi connectivity index (χ4n) is 5.12. The summed E-state index contributed by atoms with van der Waals surface area (Å²) in [6, 6.07) is 13.8. The van der Waals surface area contributed by atoms with Crippen molar-refractivity contribution in [1.82, 2.24) is 10.2 Å². The van der Waals surface area contributed by atoms with E-state index in [1.54, 1.807) is 11.0 Å². The Morgan fingerprint density at radius 2 is 1.73 bits per heavy atom. The summed E-state index contributed by atoms with van der Waals surface area (Å²) in [5.74, 6) is -0.538. The molecule has 0 spiro atoms. The number of para-hydroxylation sites is 1. The molecule has 37 heavy (non-hydrogen) atoms. The molecule has 0 aromatic heterocycles. The van der Waals surface area contributed by atoms with Crippen LogP contribution >= 0.6 is 15.9 Å². The standard InChI is InChI=1S/C27H33BrN4O4S/c28-22-18-21-8-11-32(27(34)20-6-7-20)26(21)24(19-22)37(35,36)17-9-25(33)29-10-12-30-13-15-31(16-14-30)23-4-2-1-3-5-23/h1-5,18-20H,6-17H2,(H,29,33). The van der Waals surface area contributed by atoms with Gasteiger partial charge in [-0.25, -0.2) is 8.42 Å². The molecule has 3 aliphatic rings. The second kappa shape index (κ2) is 11.1. The molecule has 2 aliphatic heterocycles. The minimum Gasteiger partial charge on any atom is -0.369 e. The fraction of sp³-hybridized carbons (Fsp3) is 0.481. The maximum Gasteiger partial charge on any atom is 0.230 e. The van der Waals surface area contributed by atoms with E-state index in [-0.39, 0.29) is 34.8 Å². The maximum atomic E-state index is 13.3. The molecule has 198 valence electrons. The number of sulfone groups is 1. The molecular weight excluding hydrogens is 556 g/mol. The van der Waals surface area contributed by atoms with Crippen LogP contribution in [0.3, 0.4) is 0 Å². The second-order valence-corrected chi connectivity index (χ2v) is 13.0. The molecule has 0 bridgehead atoms. The van der Waals surface area contributed by atoms with Crippen molar-refractivity contribution in [2.24, 2.45) is 5.92 Å². The molecule has 2 aromatic carbocycles. The van der Waals surface area contributed by atoms with Crippen LogP contribution in [0.4, 0.5) is 11.4 Å². The Bertz CT molecular complexity index is 1260. The maximum absolute atomic E-state index is 13.3. The Morgan fingerprint density at radius 3 is 2.43 bits per heavy atom. The highest BCUT2D eigenvalue weighted by atomic mass is 79.9. The highest BCUT2D eigenvalue weighted by Crippen LogP contribution is 2.41. The van der Waals surface area contributed by atoms with Crippen molar-refractivity contribution in [3.8, 4) is 0 Å². The Labute approximate surface area is 227 Å². The zero-order chi connectivity index (χ0) is 26.0. The molecule has 0 radical (unpaired) electrons. The third kappa shape index (κ3) is 6.18. The lowest BCUT2D eigenvalue weighted by Gasteiger charge is -2.36. The molecule has 0 atom stereocenters.